The highest BCUT2D eigenvalue weighted by Crippen LogP contribution is 2.25. The van der Waals surface area contributed by atoms with E-state index in [9.17, 15) is 0 Å². The lowest BCUT2D eigenvalue weighted by atomic mass is 10.2. The number of rotatable bonds is 4. The molecule has 0 bridgehead atoms. The van der Waals surface area contributed by atoms with Gasteiger partial charge in [-0.05, 0) is 57.6 Å². The fourth-order valence-corrected chi connectivity index (χ4v) is 3.58. The minimum Gasteiger partial charge on any atom is -0.329 e. The normalized spacial score (nSPS) is 11.0. The number of halogens is 2. The largest absolute Gasteiger partial charge is 0.329 e. The fourth-order valence-electron chi connectivity index (χ4n) is 3.06. The van der Waals surface area contributed by atoms with Gasteiger partial charge in [-0.1, -0.05) is 29.3 Å². The van der Waals surface area contributed by atoms with Crippen LogP contribution in [0.4, 0.5) is 11.4 Å². The van der Waals surface area contributed by atoms with Gasteiger partial charge in [0.15, 0.2) is 5.11 Å². The number of hydrogen-bond donors (Lipinski definition) is 2. The minimum atomic E-state index is 0.500. The summed E-state index contributed by atoms with van der Waals surface area (Å²) in [5.74, 6) is 0. The summed E-state index contributed by atoms with van der Waals surface area (Å²) in [5, 5.41) is 17.1. The van der Waals surface area contributed by atoms with E-state index in [4.69, 9.17) is 35.4 Å². The molecule has 0 spiro atoms. The number of thiocarbonyl (C=S) groups is 1. The lowest BCUT2D eigenvalue weighted by molar-refractivity contribution is 0.659. The molecule has 2 N–H and O–H groups in total. The zero-order valence-electron chi connectivity index (χ0n) is 16.4. The number of benzene rings is 1. The van der Waals surface area contributed by atoms with Gasteiger partial charge in [0.1, 0.15) is 0 Å². The molecule has 0 aliphatic carbocycles. The Morgan fingerprint density at radius 2 is 1.57 bits per heavy atom. The average molecular weight is 437 g/mol. The Bertz CT molecular complexity index is 1050. The SMILES string of the molecule is Cc1nn(C)c(C)c1NC(=S)Nc1c(C)nn(Cc2ccc(Cl)c(Cl)c2)c1C. The molecule has 2 aromatic heterocycles. The number of anilines is 2. The smallest absolute Gasteiger partial charge is 0.175 e. The van der Waals surface area contributed by atoms with Gasteiger partial charge in [0.2, 0.25) is 0 Å². The van der Waals surface area contributed by atoms with Crippen molar-refractivity contribution in [3.8, 4) is 0 Å². The Labute approximate surface area is 179 Å². The summed E-state index contributed by atoms with van der Waals surface area (Å²) in [6.07, 6.45) is 0. The van der Waals surface area contributed by atoms with E-state index in [1.54, 1.807) is 6.07 Å². The van der Waals surface area contributed by atoms with Gasteiger partial charge >= 0.3 is 0 Å². The quantitative estimate of drug-likeness (QED) is 0.562. The molecule has 0 amide bonds. The molecule has 0 unspecified atom stereocenters. The van der Waals surface area contributed by atoms with Crippen LogP contribution in [0.25, 0.3) is 0 Å². The summed E-state index contributed by atoms with van der Waals surface area (Å²) in [5.41, 5.74) is 6.58. The van der Waals surface area contributed by atoms with Crippen molar-refractivity contribution < 1.29 is 0 Å². The van der Waals surface area contributed by atoms with Crippen LogP contribution >= 0.6 is 35.4 Å². The van der Waals surface area contributed by atoms with Gasteiger partial charge in [-0.15, -0.1) is 0 Å². The molecular weight excluding hydrogens is 415 g/mol. The standard InChI is InChI=1S/C19H22Cl2N6S/c1-10-17(12(3)26(5)24-10)22-19(28)23-18-11(2)25-27(13(18)4)9-14-6-7-15(20)16(21)8-14/h6-8H,9H2,1-5H3,(H2,22,23,28). The summed E-state index contributed by atoms with van der Waals surface area (Å²) in [4.78, 5) is 0. The van der Waals surface area contributed by atoms with Crippen LogP contribution in [-0.2, 0) is 13.6 Å². The van der Waals surface area contributed by atoms with Crippen molar-refractivity contribution in [2.24, 2.45) is 7.05 Å². The van der Waals surface area contributed by atoms with Gasteiger partial charge in [-0.3, -0.25) is 9.36 Å². The fraction of sp³-hybridized carbons (Fsp3) is 0.316. The van der Waals surface area contributed by atoms with Crippen LogP contribution in [0.3, 0.4) is 0 Å². The van der Waals surface area contributed by atoms with Gasteiger partial charge < -0.3 is 10.6 Å². The number of nitrogens with one attached hydrogen (secondary N) is 2. The first-order valence-electron chi connectivity index (χ1n) is 8.73. The number of hydrogen-bond acceptors (Lipinski definition) is 3. The summed E-state index contributed by atoms with van der Waals surface area (Å²) in [6.45, 7) is 8.49. The predicted molar refractivity (Wildman–Crippen MR) is 120 cm³/mol. The van der Waals surface area contributed by atoms with Crippen molar-refractivity contribution in [3.05, 3.63) is 56.6 Å². The Kier molecular flexibility index (Phi) is 5.98. The Balaban J connectivity index is 1.77. The molecule has 0 saturated heterocycles. The van der Waals surface area contributed by atoms with Gasteiger partial charge in [0.25, 0.3) is 0 Å². The van der Waals surface area contributed by atoms with Crippen LogP contribution in [0.5, 0.6) is 0 Å². The summed E-state index contributed by atoms with van der Waals surface area (Å²) in [7, 11) is 1.91. The first kappa shape index (κ1) is 20.6. The van der Waals surface area contributed by atoms with Crippen molar-refractivity contribution in [3.63, 3.8) is 0 Å². The van der Waals surface area contributed by atoms with Crippen molar-refractivity contribution in [2.45, 2.75) is 34.2 Å². The van der Waals surface area contributed by atoms with Gasteiger partial charge in [0, 0.05) is 7.05 Å². The summed E-state index contributed by atoms with van der Waals surface area (Å²) < 4.78 is 3.74. The Morgan fingerprint density at radius 3 is 2.14 bits per heavy atom. The lowest BCUT2D eigenvalue weighted by Crippen LogP contribution is -2.20. The van der Waals surface area contributed by atoms with E-state index in [2.05, 4.69) is 20.8 Å². The third-order valence-electron chi connectivity index (χ3n) is 4.68. The van der Waals surface area contributed by atoms with E-state index in [1.165, 1.54) is 0 Å². The molecule has 1 aromatic carbocycles. The molecule has 0 radical (unpaired) electrons. The van der Waals surface area contributed by atoms with E-state index < -0.39 is 0 Å². The third-order valence-corrected chi connectivity index (χ3v) is 5.63. The first-order chi connectivity index (χ1) is 13.2. The van der Waals surface area contributed by atoms with Crippen LogP contribution in [0.1, 0.15) is 28.3 Å². The highest BCUT2D eigenvalue weighted by molar-refractivity contribution is 7.80. The molecular formula is C19H22Cl2N6S. The van der Waals surface area contributed by atoms with E-state index in [0.29, 0.717) is 21.7 Å². The molecule has 148 valence electrons. The molecule has 0 fully saturated rings. The van der Waals surface area contributed by atoms with Crippen molar-refractivity contribution in [1.29, 1.82) is 0 Å². The predicted octanol–water partition coefficient (Wildman–Crippen LogP) is 5.01. The van der Waals surface area contributed by atoms with Crippen molar-refractivity contribution in [1.82, 2.24) is 19.6 Å². The molecule has 3 rings (SSSR count). The summed E-state index contributed by atoms with van der Waals surface area (Å²) in [6, 6.07) is 5.59. The Morgan fingerprint density at radius 1 is 0.964 bits per heavy atom. The average Bonchev–Trinajstić information content (AvgIpc) is 3.02. The number of nitrogens with zero attached hydrogens (tertiary/aromatic N) is 4. The van der Waals surface area contributed by atoms with Gasteiger partial charge in [-0.25, -0.2) is 0 Å². The molecule has 9 heteroatoms. The first-order valence-corrected chi connectivity index (χ1v) is 9.90. The van der Waals surface area contributed by atoms with E-state index in [-0.39, 0.29) is 0 Å². The molecule has 0 aliphatic heterocycles. The topological polar surface area (TPSA) is 59.7 Å². The number of aromatic nitrogens is 4. The minimum absolute atomic E-state index is 0.500. The highest BCUT2D eigenvalue weighted by Gasteiger charge is 2.15. The zero-order chi connectivity index (χ0) is 20.6. The van der Waals surface area contributed by atoms with Crippen LogP contribution in [0, 0.1) is 27.7 Å². The molecule has 3 aromatic rings. The second-order valence-corrected chi connectivity index (χ2v) is 7.92. The van der Waals surface area contributed by atoms with Gasteiger partial charge in [-0.2, -0.15) is 10.2 Å². The van der Waals surface area contributed by atoms with Crippen LogP contribution in [0.15, 0.2) is 18.2 Å². The molecule has 0 atom stereocenters. The lowest BCUT2D eigenvalue weighted by Gasteiger charge is -2.12. The van der Waals surface area contributed by atoms with Gasteiger partial charge in [0.05, 0.1) is 50.7 Å². The van der Waals surface area contributed by atoms with Crippen molar-refractivity contribution in [2.75, 3.05) is 10.6 Å². The Hall–Kier alpha value is -2.09. The molecule has 2 heterocycles. The maximum absolute atomic E-state index is 6.12. The van der Waals surface area contributed by atoms with Crippen LogP contribution in [0.2, 0.25) is 10.0 Å². The number of aryl methyl sites for hydroxylation is 3. The zero-order valence-corrected chi connectivity index (χ0v) is 18.7. The summed E-state index contributed by atoms with van der Waals surface area (Å²) >= 11 is 17.6. The molecule has 6 nitrogen and oxygen atoms in total. The van der Waals surface area contributed by atoms with Crippen LogP contribution < -0.4 is 10.6 Å². The van der Waals surface area contributed by atoms with Crippen molar-refractivity contribution >= 4 is 51.9 Å². The highest BCUT2D eigenvalue weighted by atomic mass is 35.5. The molecule has 28 heavy (non-hydrogen) atoms. The van der Waals surface area contributed by atoms with E-state index in [0.717, 1.165) is 39.7 Å². The third kappa shape index (κ3) is 4.16. The second kappa shape index (κ2) is 8.11. The van der Waals surface area contributed by atoms with E-state index >= 15 is 0 Å². The maximum atomic E-state index is 6.12. The van der Waals surface area contributed by atoms with Crippen LogP contribution in [-0.4, -0.2) is 24.7 Å². The molecule has 0 saturated carbocycles. The monoisotopic (exact) mass is 436 g/mol. The second-order valence-electron chi connectivity index (χ2n) is 6.70. The molecule has 0 aliphatic rings. The van der Waals surface area contributed by atoms with E-state index in [1.807, 2.05) is 56.2 Å². The maximum Gasteiger partial charge on any atom is 0.175 e.